The molecule has 1 N–H and O–H groups in total. The molecule has 0 fully saturated rings. The number of hydrogen-bond acceptors (Lipinski definition) is 3. The SMILES string of the molecule is CCn1nc(C(=O)Nc2ccc(F)cc2F)ccc1=O. The van der Waals surface area contributed by atoms with Crippen molar-refractivity contribution in [1.82, 2.24) is 9.78 Å². The molecule has 0 unspecified atom stereocenters. The van der Waals surface area contributed by atoms with Crippen molar-refractivity contribution >= 4 is 11.6 Å². The zero-order valence-corrected chi connectivity index (χ0v) is 10.6. The Balaban J connectivity index is 2.26. The molecule has 20 heavy (non-hydrogen) atoms. The standard InChI is InChI=1S/C13H11F2N3O2/c1-2-18-12(19)6-5-11(17-18)13(20)16-10-4-3-8(14)7-9(10)15/h3-7H,2H2,1H3,(H,16,20). The second-order valence-electron chi connectivity index (χ2n) is 3.95. The fraction of sp³-hybridized carbons (Fsp3) is 0.154. The molecule has 0 aliphatic carbocycles. The minimum Gasteiger partial charge on any atom is -0.318 e. The fourth-order valence-corrected chi connectivity index (χ4v) is 1.57. The maximum absolute atomic E-state index is 13.4. The lowest BCUT2D eigenvalue weighted by Gasteiger charge is -2.07. The number of carbonyl (C=O) groups excluding carboxylic acids is 1. The lowest BCUT2D eigenvalue weighted by atomic mass is 10.2. The topological polar surface area (TPSA) is 64.0 Å². The molecule has 2 aromatic rings. The number of carbonyl (C=O) groups is 1. The molecule has 0 saturated heterocycles. The Morgan fingerprint density at radius 1 is 1.30 bits per heavy atom. The zero-order chi connectivity index (χ0) is 14.7. The number of aryl methyl sites for hydroxylation is 1. The smallest absolute Gasteiger partial charge is 0.276 e. The van der Waals surface area contributed by atoms with Gasteiger partial charge in [-0.15, -0.1) is 0 Å². The van der Waals surface area contributed by atoms with Crippen LogP contribution in [0.3, 0.4) is 0 Å². The van der Waals surface area contributed by atoms with Crippen molar-refractivity contribution in [3.05, 3.63) is 58.0 Å². The maximum Gasteiger partial charge on any atom is 0.276 e. The van der Waals surface area contributed by atoms with Crippen LogP contribution in [0.4, 0.5) is 14.5 Å². The van der Waals surface area contributed by atoms with Gasteiger partial charge in [0.05, 0.1) is 5.69 Å². The average Bonchev–Trinajstić information content (AvgIpc) is 2.42. The van der Waals surface area contributed by atoms with E-state index >= 15 is 0 Å². The molecule has 0 radical (unpaired) electrons. The molecule has 0 spiro atoms. The van der Waals surface area contributed by atoms with Crippen molar-refractivity contribution in [2.75, 3.05) is 5.32 Å². The number of hydrogen-bond donors (Lipinski definition) is 1. The van der Waals surface area contributed by atoms with Crippen molar-refractivity contribution in [2.24, 2.45) is 0 Å². The lowest BCUT2D eigenvalue weighted by Crippen LogP contribution is -2.25. The predicted octanol–water partition coefficient (Wildman–Crippen LogP) is 1.79. The van der Waals surface area contributed by atoms with E-state index in [4.69, 9.17) is 0 Å². The van der Waals surface area contributed by atoms with E-state index in [1.807, 2.05) is 0 Å². The van der Waals surface area contributed by atoms with E-state index < -0.39 is 17.5 Å². The molecule has 0 bridgehead atoms. The summed E-state index contributed by atoms with van der Waals surface area (Å²) < 4.78 is 27.3. The summed E-state index contributed by atoms with van der Waals surface area (Å²) in [6, 6.07) is 5.24. The van der Waals surface area contributed by atoms with Crippen LogP contribution in [0, 0.1) is 11.6 Å². The second kappa shape index (κ2) is 5.60. The number of halogens is 2. The van der Waals surface area contributed by atoms with E-state index in [0.29, 0.717) is 12.6 Å². The van der Waals surface area contributed by atoms with Crippen LogP contribution >= 0.6 is 0 Å². The van der Waals surface area contributed by atoms with Crippen LogP contribution < -0.4 is 10.9 Å². The lowest BCUT2D eigenvalue weighted by molar-refractivity contribution is 0.101. The van der Waals surface area contributed by atoms with E-state index in [-0.39, 0.29) is 16.9 Å². The van der Waals surface area contributed by atoms with E-state index in [1.54, 1.807) is 6.92 Å². The fourth-order valence-electron chi connectivity index (χ4n) is 1.57. The van der Waals surface area contributed by atoms with Gasteiger partial charge in [0.25, 0.3) is 11.5 Å². The van der Waals surface area contributed by atoms with Gasteiger partial charge in [-0.3, -0.25) is 9.59 Å². The summed E-state index contributed by atoms with van der Waals surface area (Å²) in [4.78, 5) is 23.2. The number of nitrogens with zero attached hydrogens (tertiary/aromatic N) is 2. The third-order valence-electron chi connectivity index (χ3n) is 2.58. The van der Waals surface area contributed by atoms with Crippen molar-refractivity contribution in [3.8, 4) is 0 Å². The highest BCUT2D eigenvalue weighted by Crippen LogP contribution is 2.15. The summed E-state index contributed by atoms with van der Waals surface area (Å²) in [5.74, 6) is -2.31. The quantitative estimate of drug-likeness (QED) is 0.931. The van der Waals surface area contributed by atoms with Crippen LogP contribution in [0.15, 0.2) is 35.1 Å². The Bertz CT molecular complexity index is 713. The van der Waals surface area contributed by atoms with Gasteiger partial charge in [0.2, 0.25) is 0 Å². The normalized spacial score (nSPS) is 10.3. The Morgan fingerprint density at radius 2 is 2.05 bits per heavy atom. The van der Waals surface area contributed by atoms with Crippen molar-refractivity contribution in [3.63, 3.8) is 0 Å². The monoisotopic (exact) mass is 279 g/mol. The molecule has 0 aliphatic heterocycles. The van der Waals surface area contributed by atoms with Crippen LogP contribution in [0.25, 0.3) is 0 Å². The van der Waals surface area contributed by atoms with Crippen molar-refractivity contribution in [2.45, 2.75) is 13.5 Å². The number of anilines is 1. The molecule has 1 heterocycles. The Kier molecular flexibility index (Phi) is 3.88. The number of rotatable bonds is 3. The van der Waals surface area contributed by atoms with Gasteiger partial charge in [-0.05, 0) is 25.1 Å². The molecule has 1 aromatic carbocycles. The van der Waals surface area contributed by atoms with Gasteiger partial charge < -0.3 is 5.32 Å². The van der Waals surface area contributed by atoms with E-state index in [1.165, 1.54) is 12.1 Å². The van der Waals surface area contributed by atoms with Gasteiger partial charge in [-0.25, -0.2) is 13.5 Å². The highest BCUT2D eigenvalue weighted by atomic mass is 19.1. The summed E-state index contributed by atoms with van der Waals surface area (Å²) in [6.07, 6.45) is 0. The Labute approximate surface area is 112 Å². The molecule has 0 aliphatic rings. The average molecular weight is 279 g/mol. The Hall–Kier alpha value is -2.57. The molecule has 1 amide bonds. The van der Waals surface area contributed by atoms with Crippen LogP contribution in [0.1, 0.15) is 17.4 Å². The number of nitrogens with one attached hydrogen (secondary N) is 1. The molecule has 0 atom stereocenters. The third kappa shape index (κ3) is 2.87. The first kappa shape index (κ1) is 13.9. The molecule has 7 heteroatoms. The summed E-state index contributed by atoms with van der Waals surface area (Å²) in [5, 5.41) is 6.10. The highest BCUT2D eigenvalue weighted by Gasteiger charge is 2.12. The maximum atomic E-state index is 13.4. The van der Waals surface area contributed by atoms with Crippen LogP contribution in [-0.2, 0) is 6.54 Å². The number of benzene rings is 1. The van der Waals surface area contributed by atoms with E-state index in [2.05, 4.69) is 10.4 Å². The van der Waals surface area contributed by atoms with Gasteiger partial charge in [0, 0.05) is 18.7 Å². The molecule has 0 saturated carbocycles. The molecule has 104 valence electrons. The largest absolute Gasteiger partial charge is 0.318 e. The van der Waals surface area contributed by atoms with E-state index in [0.717, 1.165) is 16.8 Å². The van der Waals surface area contributed by atoms with Gasteiger partial charge in [-0.1, -0.05) is 0 Å². The molecule has 1 aromatic heterocycles. The van der Waals surface area contributed by atoms with Crippen LogP contribution in [-0.4, -0.2) is 15.7 Å². The molecule has 5 nitrogen and oxygen atoms in total. The first-order chi connectivity index (χ1) is 9.51. The molecule has 2 rings (SSSR count). The van der Waals surface area contributed by atoms with Gasteiger partial charge in [0.15, 0.2) is 0 Å². The van der Waals surface area contributed by atoms with Crippen molar-refractivity contribution in [1.29, 1.82) is 0 Å². The summed E-state index contributed by atoms with van der Waals surface area (Å²) in [7, 11) is 0. The number of amides is 1. The first-order valence-corrected chi connectivity index (χ1v) is 5.86. The summed E-state index contributed by atoms with van der Waals surface area (Å²) >= 11 is 0. The van der Waals surface area contributed by atoms with Crippen molar-refractivity contribution < 1.29 is 13.6 Å². The summed E-state index contributed by atoms with van der Waals surface area (Å²) in [5.41, 5.74) is -0.528. The van der Waals surface area contributed by atoms with Gasteiger partial charge in [0.1, 0.15) is 17.3 Å². The number of aromatic nitrogens is 2. The predicted molar refractivity (Wildman–Crippen MR) is 68.5 cm³/mol. The second-order valence-corrected chi connectivity index (χ2v) is 3.95. The van der Waals surface area contributed by atoms with E-state index in [9.17, 15) is 18.4 Å². The van der Waals surface area contributed by atoms with Crippen LogP contribution in [0.5, 0.6) is 0 Å². The third-order valence-corrected chi connectivity index (χ3v) is 2.58. The molecular weight excluding hydrogens is 268 g/mol. The van der Waals surface area contributed by atoms with Crippen LogP contribution in [0.2, 0.25) is 0 Å². The summed E-state index contributed by atoms with van der Waals surface area (Å²) in [6.45, 7) is 2.01. The molecular formula is C13H11F2N3O2. The Morgan fingerprint density at radius 3 is 2.70 bits per heavy atom. The minimum atomic E-state index is -0.887. The highest BCUT2D eigenvalue weighted by molar-refractivity contribution is 6.02. The van der Waals surface area contributed by atoms with Gasteiger partial charge >= 0.3 is 0 Å². The zero-order valence-electron chi connectivity index (χ0n) is 10.6. The minimum absolute atomic E-state index is 0.0322. The van der Waals surface area contributed by atoms with Gasteiger partial charge in [-0.2, -0.15) is 5.10 Å². The first-order valence-electron chi connectivity index (χ1n) is 5.86.